The highest BCUT2D eigenvalue weighted by Crippen LogP contribution is 2.03. The number of aliphatic hydroxyl groups excluding tert-OH is 1. The van der Waals surface area contributed by atoms with Gasteiger partial charge in [0.2, 0.25) is 0 Å². The summed E-state index contributed by atoms with van der Waals surface area (Å²) in [5, 5.41) is 16.5. The molecule has 0 unspecified atom stereocenters. The molecule has 1 heterocycles. The van der Waals surface area contributed by atoms with E-state index in [0.29, 0.717) is 6.54 Å². The molecule has 0 atom stereocenters. The normalized spacial score (nSPS) is 9.80. The Morgan fingerprint density at radius 3 is 3.30 bits per heavy atom. The molecule has 0 aromatic carbocycles. The van der Waals surface area contributed by atoms with Gasteiger partial charge in [-0.2, -0.15) is 0 Å². The molecule has 0 bridgehead atoms. The molecule has 0 spiro atoms. The van der Waals surface area contributed by atoms with E-state index in [2.05, 4.69) is 10.4 Å². The number of hydrogen-bond acceptors (Lipinski definition) is 4. The third-order valence-corrected chi connectivity index (χ3v) is 1.95. The third-order valence-electron chi connectivity index (χ3n) is 1.11. The summed E-state index contributed by atoms with van der Waals surface area (Å²) >= 11 is 1.52. The first-order valence-corrected chi connectivity index (χ1v) is 3.88. The van der Waals surface area contributed by atoms with Gasteiger partial charge in [0.1, 0.15) is 12.1 Å². The fraction of sp³-hybridized carbons (Fsp3) is 0.600. The Bertz CT molecular complexity index is 201. The van der Waals surface area contributed by atoms with Crippen LogP contribution in [0.2, 0.25) is 0 Å². The van der Waals surface area contributed by atoms with Gasteiger partial charge in [0.05, 0.1) is 13.7 Å². The number of anilines is 1. The predicted octanol–water partition coefficient (Wildman–Crippen LogP) is -0.535. The Kier molecular flexibility index (Phi) is 2.58. The van der Waals surface area contributed by atoms with E-state index in [9.17, 15) is 0 Å². The van der Waals surface area contributed by atoms with Gasteiger partial charge in [-0.15, -0.1) is 4.68 Å². The van der Waals surface area contributed by atoms with Crippen LogP contribution in [0.4, 0.5) is 5.13 Å². The van der Waals surface area contributed by atoms with Crippen molar-refractivity contribution in [1.82, 2.24) is 5.10 Å². The quantitative estimate of drug-likeness (QED) is 0.584. The second-order valence-electron chi connectivity index (χ2n) is 1.74. The Morgan fingerprint density at radius 1 is 1.90 bits per heavy atom. The zero-order chi connectivity index (χ0) is 7.40. The molecule has 10 heavy (non-hydrogen) atoms. The molecule has 0 aliphatic rings. The van der Waals surface area contributed by atoms with Crippen LogP contribution in [-0.2, 0) is 6.54 Å². The molecule has 0 fully saturated rings. The van der Waals surface area contributed by atoms with Crippen LogP contribution in [0.25, 0.3) is 0 Å². The van der Waals surface area contributed by atoms with Crippen molar-refractivity contribution >= 4 is 16.5 Å². The van der Waals surface area contributed by atoms with E-state index in [1.54, 1.807) is 10.2 Å². The van der Waals surface area contributed by atoms with Crippen LogP contribution in [0, 0.1) is 0 Å². The molecule has 4 nitrogen and oxygen atoms in total. The minimum atomic E-state index is 0.128. The molecule has 1 aromatic heterocycles. The van der Waals surface area contributed by atoms with Crippen molar-refractivity contribution in [2.24, 2.45) is 0 Å². The predicted molar refractivity (Wildman–Crippen MR) is 38.9 cm³/mol. The third kappa shape index (κ3) is 1.43. The smallest absolute Gasteiger partial charge is 0.355 e. The summed E-state index contributed by atoms with van der Waals surface area (Å²) in [6.07, 6.45) is 0. The van der Waals surface area contributed by atoms with Crippen LogP contribution in [0.1, 0.15) is 0 Å². The molecule has 0 aliphatic carbocycles. The summed E-state index contributed by atoms with van der Waals surface area (Å²) in [5.74, 6) is 0. The zero-order valence-electron chi connectivity index (χ0n) is 5.74. The number of hydrogen-bond donors (Lipinski definition) is 2. The average Bonchev–Trinajstić information content (AvgIpc) is 2.36. The van der Waals surface area contributed by atoms with Gasteiger partial charge in [0.15, 0.2) is 0 Å². The highest BCUT2D eigenvalue weighted by molar-refractivity contribution is 7.12. The van der Waals surface area contributed by atoms with Gasteiger partial charge in [0, 0.05) is 0 Å². The molecule has 0 aliphatic heterocycles. The molecule has 5 heteroatoms. The van der Waals surface area contributed by atoms with Gasteiger partial charge in [0.25, 0.3) is 0 Å². The standard InChI is InChI=1S/C5H9N3OS/c1-6-5-8(2-3-9)7-4-10-5/h4,9H,2-3H2,1H3/p+1. The van der Waals surface area contributed by atoms with Crippen molar-refractivity contribution in [1.29, 1.82) is 0 Å². The summed E-state index contributed by atoms with van der Waals surface area (Å²) in [6.45, 7) is 0.683. The maximum absolute atomic E-state index is 8.57. The SMILES string of the molecule is CNc1scn[n+]1CCO. The lowest BCUT2D eigenvalue weighted by Crippen LogP contribution is -2.39. The molecule has 1 rings (SSSR count). The minimum absolute atomic E-state index is 0.128. The highest BCUT2D eigenvalue weighted by atomic mass is 32.1. The lowest BCUT2D eigenvalue weighted by Gasteiger charge is -1.91. The molecule has 2 N–H and O–H groups in total. The van der Waals surface area contributed by atoms with Crippen molar-refractivity contribution in [3.05, 3.63) is 5.51 Å². The monoisotopic (exact) mass is 160 g/mol. The van der Waals surface area contributed by atoms with E-state index in [1.807, 2.05) is 7.05 Å². The van der Waals surface area contributed by atoms with Gasteiger partial charge < -0.3 is 5.11 Å². The fourth-order valence-electron chi connectivity index (χ4n) is 0.686. The molecular formula is C5H10N3OS+. The van der Waals surface area contributed by atoms with Crippen molar-refractivity contribution in [3.8, 4) is 0 Å². The Balaban J connectivity index is 2.70. The van der Waals surface area contributed by atoms with Crippen LogP contribution < -0.4 is 10.00 Å². The summed E-state index contributed by atoms with van der Waals surface area (Å²) in [5.41, 5.74) is 1.74. The second kappa shape index (κ2) is 3.48. The molecule has 0 amide bonds. The first-order chi connectivity index (χ1) is 4.88. The molecule has 0 saturated carbocycles. The summed E-state index contributed by atoms with van der Waals surface area (Å²) < 4.78 is 1.73. The van der Waals surface area contributed by atoms with Gasteiger partial charge in [-0.05, 0) is 11.3 Å². The summed E-state index contributed by atoms with van der Waals surface area (Å²) in [4.78, 5) is 0. The van der Waals surface area contributed by atoms with Crippen LogP contribution in [-0.4, -0.2) is 23.9 Å². The summed E-state index contributed by atoms with van der Waals surface area (Å²) in [7, 11) is 1.83. The number of nitrogens with one attached hydrogen (secondary N) is 1. The van der Waals surface area contributed by atoms with Crippen LogP contribution in [0.3, 0.4) is 0 Å². The van der Waals surface area contributed by atoms with Crippen LogP contribution in [0.15, 0.2) is 5.51 Å². The molecule has 0 radical (unpaired) electrons. The first kappa shape index (κ1) is 7.43. The highest BCUT2D eigenvalue weighted by Gasteiger charge is 2.07. The number of aliphatic hydroxyl groups is 1. The molecule has 1 aromatic rings. The van der Waals surface area contributed by atoms with Gasteiger partial charge in [-0.25, -0.2) is 0 Å². The first-order valence-electron chi connectivity index (χ1n) is 3.00. The van der Waals surface area contributed by atoms with Crippen molar-refractivity contribution in [2.45, 2.75) is 6.54 Å². The molecular weight excluding hydrogens is 150 g/mol. The molecule has 0 saturated heterocycles. The van der Waals surface area contributed by atoms with Crippen molar-refractivity contribution in [2.75, 3.05) is 19.0 Å². The largest absolute Gasteiger partial charge is 0.392 e. The van der Waals surface area contributed by atoms with Crippen molar-refractivity contribution < 1.29 is 9.79 Å². The van der Waals surface area contributed by atoms with E-state index in [-0.39, 0.29) is 6.61 Å². The van der Waals surface area contributed by atoms with E-state index in [1.165, 1.54) is 11.3 Å². The summed E-state index contributed by atoms with van der Waals surface area (Å²) in [6, 6.07) is 0. The van der Waals surface area contributed by atoms with Crippen molar-refractivity contribution in [3.63, 3.8) is 0 Å². The maximum Gasteiger partial charge on any atom is 0.355 e. The van der Waals surface area contributed by atoms with Gasteiger partial charge in [-0.1, -0.05) is 5.10 Å². The number of nitrogens with zero attached hydrogens (tertiary/aromatic N) is 2. The lowest BCUT2D eigenvalue weighted by molar-refractivity contribution is -0.737. The van der Waals surface area contributed by atoms with E-state index in [0.717, 1.165) is 5.13 Å². The maximum atomic E-state index is 8.57. The zero-order valence-corrected chi connectivity index (χ0v) is 6.56. The van der Waals surface area contributed by atoms with E-state index < -0.39 is 0 Å². The number of aromatic nitrogens is 2. The van der Waals surface area contributed by atoms with Crippen LogP contribution in [0.5, 0.6) is 0 Å². The van der Waals surface area contributed by atoms with Crippen LogP contribution >= 0.6 is 11.3 Å². The Morgan fingerprint density at radius 2 is 2.70 bits per heavy atom. The van der Waals surface area contributed by atoms with Gasteiger partial charge in [-0.3, -0.25) is 5.32 Å². The average molecular weight is 160 g/mol. The topological polar surface area (TPSA) is 49.0 Å². The lowest BCUT2D eigenvalue weighted by atomic mass is 10.7. The Hall–Kier alpha value is -0.680. The minimum Gasteiger partial charge on any atom is -0.392 e. The van der Waals surface area contributed by atoms with Gasteiger partial charge >= 0.3 is 5.13 Å². The molecule has 56 valence electrons. The second-order valence-corrected chi connectivity index (χ2v) is 2.57. The fourth-order valence-corrected chi connectivity index (χ4v) is 1.32. The number of rotatable bonds is 3. The van der Waals surface area contributed by atoms with E-state index in [4.69, 9.17) is 5.11 Å². The van der Waals surface area contributed by atoms with E-state index >= 15 is 0 Å². The Labute approximate surface area is 63.1 Å².